The molecule has 3 aromatic heterocycles. The van der Waals surface area contributed by atoms with Crippen molar-refractivity contribution >= 4 is 34.6 Å². The first-order valence-electron chi connectivity index (χ1n) is 8.18. The van der Waals surface area contributed by atoms with Crippen molar-refractivity contribution in [2.75, 3.05) is 0 Å². The molecule has 1 atom stereocenters. The number of thiophene rings is 2. The number of carboxylic acid groups (broad SMARTS) is 1. The molecule has 136 valence electrons. The van der Waals surface area contributed by atoms with Crippen molar-refractivity contribution < 1.29 is 19.1 Å². The first-order chi connectivity index (χ1) is 12.6. The fourth-order valence-corrected chi connectivity index (χ4v) is 4.26. The monoisotopic (exact) mass is 389 g/mol. The molecule has 0 aliphatic heterocycles. The van der Waals surface area contributed by atoms with Gasteiger partial charge in [-0.3, -0.25) is 9.59 Å². The third-order valence-electron chi connectivity index (χ3n) is 4.02. The van der Waals surface area contributed by atoms with Gasteiger partial charge in [0.1, 0.15) is 5.76 Å². The van der Waals surface area contributed by atoms with E-state index < -0.39 is 5.97 Å². The molecule has 1 unspecified atom stereocenters. The molecule has 0 aliphatic rings. The molecule has 3 rings (SSSR count). The Bertz CT molecular complexity index is 774. The highest BCUT2D eigenvalue weighted by Gasteiger charge is 2.24. The molecule has 7 heteroatoms. The molecule has 0 saturated carbocycles. The molecule has 0 bridgehead atoms. The van der Waals surface area contributed by atoms with Crippen molar-refractivity contribution in [3.05, 3.63) is 68.9 Å². The van der Waals surface area contributed by atoms with E-state index in [9.17, 15) is 14.7 Å². The van der Waals surface area contributed by atoms with Crippen LogP contribution >= 0.6 is 22.7 Å². The molecule has 3 heterocycles. The smallest absolute Gasteiger partial charge is 0.304 e. The molecule has 26 heavy (non-hydrogen) atoms. The second-order valence-corrected chi connectivity index (χ2v) is 7.73. The van der Waals surface area contributed by atoms with E-state index >= 15 is 0 Å². The molecule has 0 aromatic carbocycles. The van der Waals surface area contributed by atoms with Gasteiger partial charge in [-0.1, -0.05) is 6.07 Å². The van der Waals surface area contributed by atoms with Gasteiger partial charge in [0.15, 0.2) is 0 Å². The fourth-order valence-electron chi connectivity index (χ4n) is 2.77. The van der Waals surface area contributed by atoms with Crippen LogP contribution in [0.2, 0.25) is 0 Å². The maximum atomic E-state index is 13.0. The van der Waals surface area contributed by atoms with Crippen molar-refractivity contribution in [2.24, 2.45) is 0 Å². The molecular weight excluding hydrogens is 370 g/mol. The predicted octanol–water partition coefficient (Wildman–Crippen LogP) is 4.58. The average Bonchev–Trinajstić information content (AvgIpc) is 3.36. The lowest BCUT2D eigenvalue weighted by Gasteiger charge is -2.23. The summed E-state index contributed by atoms with van der Waals surface area (Å²) in [5.41, 5.74) is 1.06. The van der Waals surface area contributed by atoms with Crippen LogP contribution in [0, 0.1) is 0 Å². The SMILES string of the molecule is O=C(O)CC(CC(=O)N(Cc1ccsc1)Cc1ccco1)c1cccs1. The maximum absolute atomic E-state index is 13.0. The molecule has 0 spiro atoms. The number of aliphatic carboxylic acids is 1. The number of carbonyl (C=O) groups excluding carboxylic acids is 1. The first kappa shape index (κ1) is 18.4. The Morgan fingerprint density at radius 2 is 2.00 bits per heavy atom. The van der Waals surface area contributed by atoms with Gasteiger partial charge >= 0.3 is 5.97 Å². The van der Waals surface area contributed by atoms with E-state index in [1.165, 1.54) is 11.3 Å². The van der Waals surface area contributed by atoms with Gasteiger partial charge in [0.2, 0.25) is 5.91 Å². The Hall–Kier alpha value is -2.38. The van der Waals surface area contributed by atoms with E-state index in [1.807, 2.05) is 40.4 Å². The van der Waals surface area contributed by atoms with Crippen LogP contribution in [0.4, 0.5) is 0 Å². The van der Waals surface area contributed by atoms with Gasteiger partial charge < -0.3 is 14.4 Å². The van der Waals surface area contributed by atoms with E-state index in [-0.39, 0.29) is 24.7 Å². The normalized spacial score (nSPS) is 12.0. The third kappa shape index (κ3) is 5.06. The summed E-state index contributed by atoms with van der Waals surface area (Å²) in [7, 11) is 0. The number of carbonyl (C=O) groups is 2. The minimum Gasteiger partial charge on any atom is -0.481 e. The van der Waals surface area contributed by atoms with Crippen molar-refractivity contribution in [1.29, 1.82) is 0 Å². The zero-order valence-electron chi connectivity index (χ0n) is 14.0. The van der Waals surface area contributed by atoms with E-state index in [0.717, 1.165) is 10.4 Å². The van der Waals surface area contributed by atoms with Gasteiger partial charge in [-0.25, -0.2) is 0 Å². The van der Waals surface area contributed by atoms with Gasteiger partial charge in [-0.15, -0.1) is 11.3 Å². The van der Waals surface area contributed by atoms with Gasteiger partial charge in [0, 0.05) is 23.8 Å². The van der Waals surface area contributed by atoms with E-state index in [4.69, 9.17) is 4.42 Å². The van der Waals surface area contributed by atoms with E-state index in [0.29, 0.717) is 18.8 Å². The van der Waals surface area contributed by atoms with Crippen molar-refractivity contribution in [3.8, 4) is 0 Å². The number of rotatable bonds is 9. The van der Waals surface area contributed by atoms with Crippen molar-refractivity contribution in [2.45, 2.75) is 31.8 Å². The second-order valence-electron chi connectivity index (χ2n) is 5.98. The van der Waals surface area contributed by atoms with Crippen LogP contribution in [0.15, 0.2) is 57.2 Å². The highest BCUT2D eigenvalue weighted by molar-refractivity contribution is 7.10. The molecule has 0 saturated heterocycles. The predicted molar refractivity (Wildman–Crippen MR) is 101 cm³/mol. The molecule has 1 N–H and O–H groups in total. The summed E-state index contributed by atoms with van der Waals surface area (Å²) in [5, 5.41) is 15.1. The van der Waals surface area contributed by atoms with Gasteiger partial charge in [-0.2, -0.15) is 11.3 Å². The maximum Gasteiger partial charge on any atom is 0.304 e. The van der Waals surface area contributed by atoms with Crippen LogP contribution in [0.25, 0.3) is 0 Å². The average molecular weight is 389 g/mol. The number of hydrogen-bond donors (Lipinski definition) is 1. The summed E-state index contributed by atoms with van der Waals surface area (Å²) in [6, 6.07) is 9.39. The number of carboxylic acids is 1. The molecule has 5 nitrogen and oxygen atoms in total. The Morgan fingerprint density at radius 3 is 2.62 bits per heavy atom. The third-order valence-corrected chi connectivity index (χ3v) is 5.79. The molecular formula is C19H19NO4S2. The summed E-state index contributed by atoms with van der Waals surface area (Å²) in [5.74, 6) is -0.583. The lowest BCUT2D eigenvalue weighted by atomic mass is 9.98. The summed E-state index contributed by atoms with van der Waals surface area (Å²) in [4.78, 5) is 26.9. The van der Waals surface area contributed by atoms with Crippen LogP contribution in [0.3, 0.4) is 0 Å². The molecule has 0 fully saturated rings. The number of hydrogen-bond acceptors (Lipinski definition) is 5. The van der Waals surface area contributed by atoms with Gasteiger partial charge in [0.05, 0.1) is 19.2 Å². The van der Waals surface area contributed by atoms with E-state index in [2.05, 4.69) is 0 Å². The number of furan rings is 1. The van der Waals surface area contributed by atoms with Crippen LogP contribution in [-0.4, -0.2) is 21.9 Å². The minimum absolute atomic E-state index is 0.0563. The standard InChI is InChI=1S/C19H19NO4S2/c21-18(9-15(10-19(22)23)17-4-2-7-26-17)20(11-14-5-8-25-13-14)12-16-3-1-6-24-16/h1-8,13,15H,9-12H2,(H,22,23). The fraction of sp³-hybridized carbons (Fsp3) is 0.263. The Kier molecular flexibility index (Phi) is 6.25. The van der Waals surface area contributed by atoms with Crippen molar-refractivity contribution in [1.82, 2.24) is 4.90 Å². The molecule has 0 radical (unpaired) electrons. The number of nitrogens with zero attached hydrogens (tertiary/aromatic N) is 1. The second kappa shape index (κ2) is 8.82. The van der Waals surface area contributed by atoms with Gasteiger partial charge in [0.25, 0.3) is 0 Å². The largest absolute Gasteiger partial charge is 0.481 e. The van der Waals surface area contributed by atoms with Crippen LogP contribution in [-0.2, 0) is 22.7 Å². The molecule has 1 amide bonds. The Balaban J connectivity index is 1.75. The van der Waals surface area contributed by atoms with E-state index in [1.54, 1.807) is 28.6 Å². The van der Waals surface area contributed by atoms with Crippen LogP contribution in [0.5, 0.6) is 0 Å². The summed E-state index contributed by atoms with van der Waals surface area (Å²) in [6.07, 6.45) is 1.69. The van der Waals surface area contributed by atoms with Crippen LogP contribution < -0.4 is 0 Å². The summed E-state index contributed by atoms with van der Waals surface area (Å²) in [6.45, 7) is 0.846. The molecule has 3 aromatic rings. The zero-order chi connectivity index (χ0) is 18.4. The molecule has 0 aliphatic carbocycles. The number of amides is 1. The highest BCUT2D eigenvalue weighted by Crippen LogP contribution is 2.29. The highest BCUT2D eigenvalue weighted by atomic mass is 32.1. The van der Waals surface area contributed by atoms with Crippen LogP contribution in [0.1, 0.15) is 35.0 Å². The lowest BCUT2D eigenvalue weighted by Crippen LogP contribution is -2.31. The Morgan fingerprint density at radius 1 is 1.12 bits per heavy atom. The van der Waals surface area contributed by atoms with Crippen molar-refractivity contribution in [3.63, 3.8) is 0 Å². The summed E-state index contributed by atoms with van der Waals surface area (Å²) >= 11 is 3.07. The zero-order valence-corrected chi connectivity index (χ0v) is 15.7. The Labute approximate surface area is 159 Å². The lowest BCUT2D eigenvalue weighted by molar-refractivity contribution is -0.138. The minimum atomic E-state index is -0.897. The first-order valence-corrected chi connectivity index (χ1v) is 10.0. The summed E-state index contributed by atoms with van der Waals surface area (Å²) < 4.78 is 5.39. The van der Waals surface area contributed by atoms with Gasteiger partial charge in [-0.05, 0) is 46.0 Å². The quantitative estimate of drug-likeness (QED) is 0.581. The topological polar surface area (TPSA) is 70.8 Å².